The van der Waals surface area contributed by atoms with Gasteiger partial charge in [0.2, 0.25) is 0 Å². The minimum atomic E-state index is -0.862. The predicted molar refractivity (Wildman–Crippen MR) is 99.3 cm³/mol. The molecule has 7 heteroatoms. The van der Waals surface area contributed by atoms with Gasteiger partial charge in [-0.3, -0.25) is 0 Å². The van der Waals surface area contributed by atoms with E-state index >= 15 is 0 Å². The highest BCUT2D eigenvalue weighted by Gasteiger charge is 2.32. The number of nitrogens with zero attached hydrogens (tertiary/aromatic N) is 2. The second-order valence-corrected chi connectivity index (χ2v) is 7.64. The average molecular weight is 376 g/mol. The van der Waals surface area contributed by atoms with Crippen LogP contribution in [0.1, 0.15) is 16.9 Å². The van der Waals surface area contributed by atoms with Gasteiger partial charge in [0.1, 0.15) is 22.8 Å². The van der Waals surface area contributed by atoms with Crippen LogP contribution in [-0.4, -0.2) is 20.7 Å². The van der Waals surface area contributed by atoms with E-state index < -0.39 is 11.4 Å². The number of rotatable bonds is 3. The molecule has 1 aliphatic rings. The summed E-state index contributed by atoms with van der Waals surface area (Å²) in [5.41, 5.74) is 0.951. The highest BCUT2D eigenvalue weighted by atomic mass is 35.5. The molecule has 0 spiro atoms. The first-order valence-corrected chi connectivity index (χ1v) is 9.02. The van der Waals surface area contributed by atoms with Gasteiger partial charge in [-0.05, 0) is 36.6 Å². The number of fused-ring (bicyclic) bond motifs is 3. The molecule has 4 rings (SSSR count). The normalized spacial score (nSPS) is 19.6. The van der Waals surface area contributed by atoms with Crippen molar-refractivity contribution in [1.82, 2.24) is 9.97 Å². The van der Waals surface area contributed by atoms with Crippen LogP contribution in [0.15, 0.2) is 37.2 Å². The molecule has 2 heterocycles. The largest absolute Gasteiger partial charge is 0.385 e. The number of hydrogen-bond acceptors (Lipinski definition) is 5. The fraction of sp³-hybridized carbons (Fsp3) is 0.222. The maximum Gasteiger partial charge on any atom is 0.142 e. The van der Waals surface area contributed by atoms with E-state index in [0.717, 1.165) is 27.1 Å². The zero-order valence-corrected chi connectivity index (χ0v) is 14.8. The molecule has 0 radical (unpaired) electrons. The van der Waals surface area contributed by atoms with Gasteiger partial charge in [0.25, 0.3) is 0 Å². The van der Waals surface area contributed by atoms with Crippen molar-refractivity contribution in [2.24, 2.45) is 0 Å². The molecular weight excluding hydrogens is 361 g/mol. The first-order valence-electron chi connectivity index (χ1n) is 7.82. The summed E-state index contributed by atoms with van der Waals surface area (Å²) < 4.78 is 13.4. The molecule has 0 bridgehead atoms. The lowest BCUT2D eigenvalue weighted by Gasteiger charge is -2.28. The molecule has 0 saturated heterocycles. The van der Waals surface area contributed by atoms with Gasteiger partial charge in [0, 0.05) is 17.0 Å². The van der Waals surface area contributed by atoms with Crippen LogP contribution in [-0.2, 0) is 12.8 Å². The van der Waals surface area contributed by atoms with Gasteiger partial charge in [-0.1, -0.05) is 17.7 Å². The Balaban J connectivity index is 1.78. The summed E-state index contributed by atoms with van der Waals surface area (Å²) in [6.45, 7) is 3.74. The van der Waals surface area contributed by atoms with Crippen molar-refractivity contribution in [3.8, 4) is 0 Å². The molecule has 0 fully saturated rings. The quantitative estimate of drug-likeness (QED) is 0.655. The van der Waals surface area contributed by atoms with Crippen molar-refractivity contribution in [2.75, 3.05) is 5.32 Å². The maximum absolute atomic E-state index is 13.4. The second kappa shape index (κ2) is 6.05. The Hall–Kier alpha value is -2.02. The van der Waals surface area contributed by atoms with Gasteiger partial charge < -0.3 is 10.4 Å². The Morgan fingerprint density at radius 2 is 2.24 bits per heavy atom. The molecule has 0 amide bonds. The highest BCUT2D eigenvalue weighted by molar-refractivity contribution is 7.19. The number of anilines is 2. The summed E-state index contributed by atoms with van der Waals surface area (Å²) in [7, 11) is 0. The van der Waals surface area contributed by atoms with Gasteiger partial charge in [-0.15, -0.1) is 17.9 Å². The number of hydrogen-bond donors (Lipinski definition) is 2. The second-order valence-electron chi connectivity index (χ2n) is 6.14. The van der Waals surface area contributed by atoms with E-state index in [1.165, 1.54) is 18.5 Å². The van der Waals surface area contributed by atoms with Crippen LogP contribution in [0.25, 0.3) is 10.2 Å². The number of aryl methyl sites for hydroxylation is 1. The molecule has 0 aliphatic heterocycles. The Kier molecular flexibility index (Phi) is 3.98. The molecule has 25 heavy (non-hydrogen) atoms. The molecule has 3 aromatic rings. The summed E-state index contributed by atoms with van der Waals surface area (Å²) in [4.78, 5) is 10.7. The summed E-state index contributed by atoms with van der Waals surface area (Å²) in [6.07, 6.45) is 4.99. The molecule has 128 valence electrons. The van der Waals surface area contributed by atoms with E-state index in [1.54, 1.807) is 23.5 Å². The van der Waals surface area contributed by atoms with E-state index in [9.17, 15) is 9.50 Å². The Labute approximate surface area is 153 Å². The van der Waals surface area contributed by atoms with Crippen LogP contribution in [0.3, 0.4) is 0 Å². The zero-order chi connectivity index (χ0) is 17.6. The SMILES string of the molecule is C=CC1(O)CCc2c(sc3ncnc(Nc4ccc(F)c(Cl)c4)c23)C1. The molecule has 2 N–H and O–H groups in total. The maximum atomic E-state index is 13.4. The Bertz CT molecular complexity index is 990. The van der Waals surface area contributed by atoms with Crippen molar-refractivity contribution in [2.45, 2.75) is 24.9 Å². The van der Waals surface area contributed by atoms with E-state index in [1.807, 2.05) is 0 Å². The third-order valence-corrected chi connectivity index (χ3v) is 5.94. The molecular formula is C18H15ClFN3OS. The van der Waals surface area contributed by atoms with E-state index in [-0.39, 0.29) is 5.02 Å². The molecule has 2 aromatic heterocycles. The van der Waals surface area contributed by atoms with E-state index in [2.05, 4.69) is 21.9 Å². The lowest BCUT2D eigenvalue weighted by molar-refractivity contribution is 0.0779. The third-order valence-electron chi connectivity index (χ3n) is 4.51. The van der Waals surface area contributed by atoms with Crippen molar-refractivity contribution < 1.29 is 9.50 Å². The summed E-state index contributed by atoms with van der Waals surface area (Å²) in [6, 6.07) is 4.46. The standard InChI is InChI=1S/C18H15ClFN3OS/c1-2-18(24)6-5-11-14(8-18)25-17-15(11)16(21-9-22-17)23-10-3-4-13(20)12(19)7-10/h2-4,7,9,24H,1,5-6,8H2,(H,21,22,23). The smallest absolute Gasteiger partial charge is 0.142 e. The Morgan fingerprint density at radius 3 is 3.00 bits per heavy atom. The van der Waals surface area contributed by atoms with Crippen LogP contribution in [0.2, 0.25) is 5.02 Å². The first-order chi connectivity index (χ1) is 12.0. The summed E-state index contributed by atoms with van der Waals surface area (Å²) >= 11 is 7.42. The van der Waals surface area contributed by atoms with Crippen molar-refractivity contribution >= 4 is 44.7 Å². The number of nitrogens with one attached hydrogen (secondary N) is 1. The van der Waals surface area contributed by atoms with Gasteiger partial charge in [0.15, 0.2) is 0 Å². The summed E-state index contributed by atoms with van der Waals surface area (Å²) in [5, 5.41) is 14.7. The van der Waals surface area contributed by atoms with Gasteiger partial charge >= 0.3 is 0 Å². The van der Waals surface area contributed by atoms with E-state index in [0.29, 0.717) is 24.3 Å². The lowest BCUT2D eigenvalue weighted by Crippen LogP contribution is -2.32. The number of benzene rings is 1. The highest BCUT2D eigenvalue weighted by Crippen LogP contribution is 2.41. The molecule has 1 atom stereocenters. The molecule has 0 saturated carbocycles. The van der Waals surface area contributed by atoms with Crippen molar-refractivity contribution in [3.05, 3.63) is 58.5 Å². The Morgan fingerprint density at radius 1 is 1.40 bits per heavy atom. The molecule has 1 aromatic carbocycles. The van der Waals surface area contributed by atoms with Crippen LogP contribution < -0.4 is 5.32 Å². The number of halogens is 2. The zero-order valence-electron chi connectivity index (χ0n) is 13.2. The van der Waals surface area contributed by atoms with Gasteiger partial charge in [-0.2, -0.15) is 0 Å². The van der Waals surface area contributed by atoms with Crippen LogP contribution >= 0.6 is 22.9 Å². The van der Waals surface area contributed by atoms with Crippen molar-refractivity contribution in [3.63, 3.8) is 0 Å². The van der Waals surface area contributed by atoms with Gasteiger partial charge in [0.05, 0.1) is 16.0 Å². The summed E-state index contributed by atoms with van der Waals surface area (Å²) in [5.74, 6) is 0.200. The van der Waals surface area contributed by atoms with Crippen LogP contribution in [0, 0.1) is 5.82 Å². The topological polar surface area (TPSA) is 58.0 Å². The number of aliphatic hydroxyl groups is 1. The van der Waals surface area contributed by atoms with Gasteiger partial charge in [-0.25, -0.2) is 14.4 Å². The number of thiophene rings is 1. The minimum absolute atomic E-state index is 0.0543. The molecule has 4 nitrogen and oxygen atoms in total. The lowest BCUT2D eigenvalue weighted by atomic mass is 9.84. The fourth-order valence-corrected chi connectivity index (χ4v) is 4.62. The third kappa shape index (κ3) is 2.90. The van der Waals surface area contributed by atoms with Crippen LogP contribution in [0.4, 0.5) is 15.9 Å². The van der Waals surface area contributed by atoms with Crippen LogP contribution in [0.5, 0.6) is 0 Å². The minimum Gasteiger partial charge on any atom is -0.385 e. The molecule has 1 unspecified atom stereocenters. The number of aromatic nitrogens is 2. The molecule has 1 aliphatic carbocycles. The van der Waals surface area contributed by atoms with Crippen molar-refractivity contribution in [1.29, 1.82) is 0 Å². The van der Waals surface area contributed by atoms with E-state index in [4.69, 9.17) is 11.6 Å². The first kappa shape index (κ1) is 16.4. The predicted octanol–water partition coefficient (Wildman–Crippen LogP) is 4.63. The fourth-order valence-electron chi connectivity index (χ4n) is 3.13. The monoisotopic (exact) mass is 375 g/mol. The average Bonchev–Trinajstić information content (AvgIpc) is 2.96.